The second-order valence-electron chi connectivity index (χ2n) is 4.64. The quantitative estimate of drug-likeness (QED) is 0.629. The minimum absolute atomic E-state index is 0.163. The number of carbonyl (C=O) groups is 1. The smallest absolute Gasteiger partial charge is 0.368 e. The van der Waals surface area contributed by atoms with Crippen molar-refractivity contribution in [3.8, 4) is 0 Å². The molecule has 10 heteroatoms. The Morgan fingerprint density at radius 1 is 1.48 bits per heavy atom. The van der Waals surface area contributed by atoms with Gasteiger partial charge in [-0.2, -0.15) is 18.2 Å². The van der Waals surface area contributed by atoms with Crippen molar-refractivity contribution in [1.82, 2.24) is 15.3 Å². The summed E-state index contributed by atoms with van der Waals surface area (Å²) >= 11 is 5.71. The fraction of sp³-hybridized carbons (Fsp3) is 0.545. The van der Waals surface area contributed by atoms with Gasteiger partial charge in [0.15, 0.2) is 0 Å². The molecule has 21 heavy (non-hydrogen) atoms. The monoisotopic (exact) mass is 323 g/mol. The fourth-order valence-electron chi connectivity index (χ4n) is 2.14. The third-order valence-electron chi connectivity index (χ3n) is 3.12. The molecule has 6 nitrogen and oxygen atoms in total. The van der Waals surface area contributed by atoms with Gasteiger partial charge in [-0.3, -0.25) is 4.79 Å². The largest absolute Gasteiger partial charge is 0.455 e. The highest BCUT2D eigenvalue weighted by molar-refractivity contribution is 6.34. The van der Waals surface area contributed by atoms with Crippen molar-refractivity contribution in [3.05, 3.63) is 10.7 Å². The van der Waals surface area contributed by atoms with Gasteiger partial charge in [-0.05, 0) is 6.92 Å². The van der Waals surface area contributed by atoms with E-state index in [0.717, 1.165) is 0 Å². The highest BCUT2D eigenvalue weighted by Crippen LogP contribution is 2.33. The van der Waals surface area contributed by atoms with Crippen LogP contribution < -0.4 is 16.0 Å². The Kier molecular flexibility index (Phi) is 4.24. The zero-order valence-corrected chi connectivity index (χ0v) is 11.8. The molecule has 0 radical (unpaired) electrons. The molecule has 0 aromatic carbocycles. The van der Waals surface area contributed by atoms with Crippen molar-refractivity contribution >= 4 is 29.2 Å². The molecule has 0 saturated carbocycles. The molecule has 2 heterocycles. The molecule has 1 saturated heterocycles. The predicted molar refractivity (Wildman–Crippen MR) is 71.5 cm³/mol. The van der Waals surface area contributed by atoms with E-state index in [1.807, 2.05) is 0 Å². The molecule has 1 aliphatic rings. The third kappa shape index (κ3) is 3.18. The van der Waals surface area contributed by atoms with Crippen molar-refractivity contribution in [2.45, 2.75) is 19.1 Å². The van der Waals surface area contributed by atoms with Gasteiger partial charge in [0, 0.05) is 25.7 Å². The summed E-state index contributed by atoms with van der Waals surface area (Å²) in [7, 11) is 0. The summed E-state index contributed by atoms with van der Waals surface area (Å²) in [6.07, 6.45) is -5.06. The summed E-state index contributed by atoms with van der Waals surface area (Å²) in [4.78, 5) is 20.4. The maximum absolute atomic E-state index is 12.7. The number of piperazine rings is 1. The minimum Gasteiger partial charge on any atom is -0.368 e. The van der Waals surface area contributed by atoms with Gasteiger partial charge in [0.05, 0.1) is 0 Å². The maximum atomic E-state index is 12.7. The van der Waals surface area contributed by atoms with Gasteiger partial charge in [-0.15, -0.1) is 0 Å². The van der Waals surface area contributed by atoms with Crippen molar-refractivity contribution in [2.24, 2.45) is 0 Å². The van der Waals surface area contributed by atoms with Gasteiger partial charge in [0.2, 0.25) is 5.95 Å². The lowest BCUT2D eigenvalue weighted by atomic mass is 10.1. The number of nitrogens with zero attached hydrogens (tertiary/aromatic N) is 3. The number of nitrogens with one attached hydrogen (secondary N) is 1. The Bertz CT molecular complexity index is 566. The number of anilines is 2. The molecule has 1 aromatic heterocycles. The predicted octanol–water partition coefficient (Wildman–Crippen LogP) is 1.26. The first kappa shape index (κ1) is 15.8. The van der Waals surface area contributed by atoms with Crippen molar-refractivity contribution in [2.75, 3.05) is 30.3 Å². The Morgan fingerprint density at radius 2 is 2.14 bits per heavy atom. The Morgan fingerprint density at radius 3 is 2.71 bits per heavy atom. The van der Waals surface area contributed by atoms with Crippen LogP contribution in [0.1, 0.15) is 17.3 Å². The number of nitrogen functional groups attached to an aromatic ring is 1. The van der Waals surface area contributed by atoms with Gasteiger partial charge in [-0.25, -0.2) is 4.98 Å². The lowest BCUT2D eigenvalue weighted by Crippen LogP contribution is -2.51. The van der Waals surface area contributed by atoms with Crippen LogP contribution in [-0.2, 0) is 0 Å². The van der Waals surface area contributed by atoms with E-state index in [0.29, 0.717) is 19.6 Å². The van der Waals surface area contributed by atoms with E-state index in [1.165, 1.54) is 0 Å². The van der Waals surface area contributed by atoms with Gasteiger partial charge < -0.3 is 16.0 Å². The molecule has 1 aromatic rings. The molecule has 1 atom stereocenters. The van der Waals surface area contributed by atoms with E-state index in [4.69, 9.17) is 17.3 Å². The van der Waals surface area contributed by atoms with E-state index >= 15 is 0 Å². The second-order valence-corrected chi connectivity index (χ2v) is 5.00. The molecule has 0 spiro atoms. The van der Waals surface area contributed by atoms with Gasteiger partial charge in [-0.1, -0.05) is 11.6 Å². The van der Waals surface area contributed by atoms with Crippen LogP contribution in [0.25, 0.3) is 0 Å². The molecule has 3 N–H and O–H groups in total. The number of carbonyl (C=O) groups excluding carboxylic acids is 1. The standard InChI is InChI=1S/C11H13ClF3N5O/c1-5-4-17-2-3-20(5)9-6(7(21)11(13,14)15)8(12)18-10(16)19-9/h5,17H,2-4H2,1H3,(H2,16,18,19)/t5-/m0/s1. The molecule has 116 valence electrons. The SMILES string of the molecule is C[C@H]1CNCCN1c1nc(N)nc(Cl)c1C(=O)C(F)(F)F. The van der Waals surface area contributed by atoms with Gasteiger partial charge in [0.25, 0.3) is 5.78 Å². The fourth-order valence-corrected chi connectivity index (χ4v) is 2.40. The summed E-state index contributed by atoms with van der Waals surface area (Å²) in [5, 5.41) is 2.49. The number of nitrogens with two attached hydrogens (primary N) is 1. The lowest BCUT2D eigenvalue weighted by Gasteiger charge is -2.35. The molecular formula is C11H13ClF3N5O. The Labute approximate surface area is 123 Å². The summed E-state index contributed by atoms with van der Waals surface area (Å²) in [6, 6.07) is -0.163. The molecule has 1 aliphatic heterocycles. The van der Waals surface area contributed by atoms with Crippen molar-refractivity contribution in [3.63, 3.8) is 0 Å². The average Bonchev–Trinajstić information content (AvgIpc) is 2.36. The zero-order valence-electron chi connectivity index (χ0n) is 11.0. The minimum atomic E-state index is -5.06. The summed E-state index contributed by atoms with van der Waals surface area (Å²) in [5.41, 5.74) is 4.69. The molecule has 0 bridgehead atoms. The normalized spacial score (nSPS) is 19.7. The van der Waals surface area contributed by atoms with Crippen molar-refractivity contribution in [1.29, 1.82) is 0 Å². The second kappa shape index (κ2) is 5.64. The van der Waals surface area contributed by atoms with E-state index in [2.05, 4.69) is 15.3 Å². The molecule has 2 rings (SSSR count). The van der Waals surface area contributed by atoms with Crippen LogP contribution in [0.15, 0.2) is 0 Å². The number of Topliss-reactive ketones (excluding diaryl/α,β-unsaturated/α-hetero) is 1. The third-order valence-corrected chi connectivity index (χ3v) is 3.39. The number of halogens is 4. The first-order chi connectivity index (χ1) is 9.71. The zero-order chi connectivity index (χ0) is 15.8. The van der Waals surface area contributed by atoms with Crippen LogP contribution in [0.2, 0.25) is 5.15 Å². The van der Waals surface area contributed by atoms with Crippen LogP contribution in [0, 0.1) is 0 Å². The molecule has 1 fully saturated rings. The van der Waals surface area contributed by atoms with Gasteiger partial charge >= 0.3 is 6.18 Å². The van der Waals surface area contributed by atoms with Crippen LogP contribution >= 0.6 is 11.6 Å². The first-order valence-electron chi connectivity index (χ1n) is 6.13. The number of hydrogen-bond donors (Lipinski definition) is 2. The Hall–Kier alpha value is -1.61. The molecule has 0 unspecified atom stereocenters. The van der Waals surface area contributed by atoms with Crippen LogP contribution in [-0.4, -0.2) is 47.6 Å². The van der Waals surface area contributed by atoms with Crippen LogP contribution in [0.5, 0.6) is 0 Å². The summed E-state index contributed by atoms with van der Waals surface area (Å²) in [6.45, 7) is 3.26. The van der Waals surface area contributed by atoms with E-state index in [1.54, 1.807) is 11.8 Å². The van der Waals surface area contributed by atoms with Crippen LogP contribution in [0.3, 0.4) is 0 Å². The van der Waals surface area contributed by atoms with Crippen LogP contribution in [0.4, 0.5) is 24.9 Å². The average molecular weight is 324 g/mol. The number of rotatable bonds is 2. The summed E-state index contributed by atoms with van der Waals surface area (Å²) < 4.78 is 38.2. The molecule has 0 amide bonds. The van der Waals surface area contributed by atoms with E-state index in [-0.39, 0.29) is 17.8 Å². The van der Waals surface area contributed by atoms with Crippen molar-refractivity contribution < 1.29 is 18.0 Å². The van der Waals surface area contributed by atoms with Gasteiger partial charge in [0.1, 0.15) is 16.5 Å². The number of aromatic nitrogens is 2. The Balaban J connectivity index is 2.56. The lowest BCUT2D eigenvalue weighted by molar-refractivity contribution is -0.0885. The van der Waals surface area contributed by atoms with E-state index in [9.17, 15) is 18.0 Å². The summed E-state index contributed by atoms with van der Waals surface area (Å²) in [5.74, 6) is -2.53. The molecule has 0 aliphatic carbocycles. The number of hydrogen-bond acceptors (Lipinski definition) is 6. The topological polar surface area (TPSA) is 84.1 Å². The number of alkyl halides is 3. The van der Waals surface area contributed by atoms with E-state index < -0.39 is 22.7 Å². The first-order valence-corrected chi connectivity index (χ1v) is 6.51. The maximum Gasteiger partial charge on any atom is 0.455 e. The molecular weight excluding hydrogens is 311 g/mol. The highest BCUT2D eigenvalue weighted by Gasteiger charge is 2.44. The highest BCUT2D eigenvalue weighted by atomic mass is 35.5. The number of ketones is 1.